The predicted molar refractivity (Wildman–Crippen MR) is 123 cm³/mol. The van der Waals surface area contributed by atoms with E-state index in [2.05, 4.69) is 4.90 Å². The van der Waals surface area contributed by atoms with Crippen molar-refractivity contribution in [3.05, 3.63) is 65.5 Å². The summed E-state index contributed by atoms with van der Waals surface area (Å²) in [5.74, 6) is -0.342. The van der Waals surface area contributed by atoms with Gasteiger partial charge in [0, 0.05) is 57.4 Å². The van der Waals surface area contributed by atoms with Crippen molar-refractivity contribution in [1.29, 1.82) is 0 Å². The van der Waals surface area contributed by atoms with Gasteiger partial charge in [0.25, 0.3) is 0 Å². The molecule has 0 aliphatic carbocycles. The third-order valence-corrected chi connectivity index (χ3v) is 8.75. The van der Waals surface area contributed by atoms with Crippen LogP contribution in [0.5, 0.6) is 0 Å². The van der Waals surface area contributed by atoms with Gasteiger partial charge < -0.3 is 9.80 Å². The van der Waals surface area contributed by atoms with Gasteiger partial charge in [-0.05, 0) is 30.5 Å². The number of hydrogen-bond donors (Lipinski definition) is 0. The van der Waals surface area contributed by atoms with Crippen LogP contribution in [0.1, 0.15) is 42.6 Å². The van der Waals surface area contributed by atoms with Gasteiger partial charge in [0.05, 0.1) is 0 Å². The Labute approximate surface area is 189 Å². The number of rotatable bonds is 4. The molecule has 32 heavy (non-hydrogen) atoms. The van der Waals surface area contributed by atoms with E-state index >= 15 is 4.39 Å². The average molecular weight is 460 g/mol. The van der Waals surface area contributed by atoms with Crippen molar-refractivity contribution in [2.75, 3.05) is 37.6 Å². The number of carbonyl (C=O) groups is 1. The monoisotopic (exact) mass is 459 g/mol. The lowest BCUT2D eigenvalue weighted by Gasteiger charge is -2.35. The second kappa shape index (κ2) is 9.58. The highest BCUT2D eigenvalue weighted by Crippen LogP contribution is 2.34. The molecule has 1 atom stereocenters. The topological polar surface area (TPSA) is 60.9 Å². The molecule has 2 aliphatic rings. The summed E-state index contributed by atoms with van der Waals surface area (Å²) in [7, 11) is -3.59. The van der Waals surface area contributed by atoms with E-state index in [1.807, 2.05) is 36.4 Å². The Morgan fingerprint density at radius 1 is 1.00 bits per heavy atom. The zero-order chi connectivity index (χ0) is 22.7. The summed E-state index contributed by atoms with van der Waals surface area (Å²) < 4.78 is 43.3. The van der Waals surface area contributed by atoms with Crippen LogP contribution in [-0.4, -0.2) is 56.3 Å². The summed E-state index contributed by atoms with van der Waals surface area (Å²) in [6.07, 6.45) is 2.17. The number of carbonyl (C=O) groups excluding carboxylic acids is 1. The molecule has 1 amide bonds. The summed E-state index contributed by atoms with van der Waals surface area (Å²) in [6.45, 7) is 4.53. The van der Waals surface area contributed by atoms with Gasteiger partial charge in [0.1, 0.15) is 11.1 Å². The van der Waals surface area contributed by atoms with Crippen molar-refractivity contribution in [3.63, 3.8) is 0 Å². The Morgan fingerprint density at radius 2 is 1.72 bits per heavy atom. The lowest BCUT2D eigenvalue weighted by molar-refractivity contribution is -0.129. The minimum absolute atomic E-state index is 0.0376. The zero-order valence-electron chi connectivity index (χ0n) is 18.4. The number of halogens is 1. The maximum Gasteiger partial charge on any atom is 0.221 e. The average Bonchev–Trinajstić information content (AvgIpc) is 2.93. The van der Waals surface area contributed by atoms with Crippen molar-refractivity contribution in [3.8, 4) is 0 Å². The largest absolute Gasteiger partial charge is 0.368 e. The normalized spacial score (nSPS) is 21.9. The van der Waals surface area contributed by atoms with Crippen LogP contribution in [0.3, 0.4) is 0 Å². The third kappa shape index (κ3) is 4.81. The molecular formula is C24H30FN3O3S. The van der Waals surface area contributed by atoms with Crippen molar-refractivity contribution in [2.45, 2.75) is 38.0 Å². The summed E-state index contributed by atoms with van der Waals surface area (Å²) in [6, 6.07) is 14.3. The lowest BCUT2D eigenvalue weighted by Crippen LogP contribution is -2.48. The molecule has 2 saturated heterocycles. The second-order valence-corrected chi connectivity index (χ2v) is 10.7. The van der Waals surface area contributed by atoms with E-state index in [1.54, 1.807) is 17.9 Å². The quantitative estimate of drug-likeness (QED) is 0.702. The maximum absolute atomic E-state index is 15.0. The van der Waals surface area contributed by atoms with Crippen LogP contribution >= 0.6 is 0 Å². The smallest absolute Gasteiger partial charge is 0.221 e. The molecule has 4 rings (SSSR count). The second-order valence-electron chi connectivity index (χ2n) is 8.54. The Bertz CT molecular complexity index is 1050. The van der Waals surface area contributed by atoms with E-state index in [-0.39, 0.29) is 12.5 Å². The number of sulfonamides is 1. The van der Waals surface area contributed by atoms with E-state index < -0.39 is 21.1 Å². The lowest BCUT2D eigenvalue weighted by atomic mass is 10.1. The molecule has 0 bridgehead atoms. The SMILES string of the molecule is CC(=O)N1CCN(c2ccc(CN3CCCC[C@H](c4ccccc4)S3(=O)=O)c(F)c2)CC1. The molecule has 172 valence electrons. The summed E-state index contributed by atoms with van der Waals surface area (Å²) in [5.41, 5.74) is 1.93. The van der Waals surface area contributed by atoms with Gasteiger partial charge >= 0.3 is 0 Å². The zero-order valence-corrected chi connectivity index (χ0v) is 19.2. The van der Waals surface area contributed by atoms with Crippen molar-refractivity contribution < 1.29 is 17.6 Å². The number of piperazine rings is 1. The van der Waals surface area contributed by atoms with Crippen LogP contribution in [0.15, 0.2) is 48.5 Å². The minimum Gasteiger partial charge on any atom is -0.368 e. The number of nitrogens with zero attached hydrogens (tertiary/aromatic N) is 3. The molecular weight excluding hydrogens is 429 g/mol. The molecule has 6 nitrogen and oxygen atoms in total. The van der Waals surface area contributed by atoms with Gasteiger partial charge in [-0.15, -0.1) is 0 Å². The predicted octanol–water partition coefficient (Wildman–Crippen LogP) is 3.55. The summed E-state index contributed by atoms with van der Waals surface area (Å²) in [5, 5.41) is -0.592. The van der Waals surface area contributed by atoms with Gasteiger partial charge in [-0.25, -0.2) is 12.8 Å². The van der Waals surface area contributed by atoms with Crippen molar-refractivity contribution in [2.24, 2.45) is 0 Å². The fourth-order valence-electron chi connectivity index (χ4n) is 4.58. The molecule has 8 heteroatoms. The molecule has 0 unspecified atom stereocenters. The fraction of sp³-hybridized carbons (Fsp3) is 0.458. The number of anilines is 1. The molecule has 2 heterocycles. The van der Waals surface area contributed by atoms with Crippen LogP contribution in [0.25, 0.3) is 0 Å². The van der Waals surface area contributed by atoms with Gasteiger partial charge in [-0.3, -0.25) is 4.79 Å². The standard InChI is InChI=1S/C24H30FN3O3S/c1-19(29)26-13-15-27(16-14-26)22-11-10-21(23(25)17-22)18-28-12-6-5-9-24(32(28,30)31)20-7-3-2-4-8-20/h2-4,7-8,10-11,17,24H,5-6,9,12-16,18H2,1H3/t24-/m1/s1. The van der Waals surface area contributed by atoms with Crippen molar-refractivity contribution in [1.82, 2.24) is 9.21 Å². The highest BCUT2D eigenvalue weighted by molar-refractivity contribution is 7.89. The molecule has 2 fully saturated rings. The van der Waals surface area contributed by atoms with Crippen LogP contribution in [0, 0.1) is 5.82 Å². The van der Waals surface area contributed by atoms with E-state index in [1.165, 1.54) is 10.4 Å². The molecule has 2 aromatic rings. The van der Waals surface area contributed by atoms with Crippen LogP contribution in [0.2, 0.25) is 0 Å². The molecule has 0 N–H and O–H groups in total. The molecule has 2 aromatic carbocycles. The first-order valence-corrected chi connectivity index (χ1v) is 12.7. The highest BCUT2D eigenvalue weighted by atomic mass is 32.2. The van der Waals surface area contributed by atoms with E-state index in [9.17, 15) is 13.2 Å². The first-order chi connectivity index (χ1) is 15.4. The number of benzene rings is 2. The first-order valence-electron chi connectivity index (χ1n) is 11.2. The molecule has 2 aliphatic heterocycles. The van der Waals surface area contributed by atoms with Crippen LogP contribution < -0.4 is 4.90 Å². The number of hydrogen-bond acceptors (Lipinski definition) is 4. The Balaban J connectivity index is 1.50. The Hall–Kier alpha value is -2.45. The van der Waals surface area contributed by atoms with Crippen LogP contribution in [-0.2, 0) is 21.4 Å². The Morgan fingerprint density at radius 3 is 2.38 bits per heavy atom. The first kappa shape index (κ1) is 22.7. The van der Waals surface area contributed by atoms with Crippen molar-refractivity contribution >= 4 is 21.6 Å². The molecule has 0 aromatic heterocycles. The van der Waals surface area contributed by atoms with Gasteiger partial charge in [0.2, 0.25) is 15.9 Å². The molecule has 0 saturated carbocycles. The summed E-state index contributed by atoms with van der Waals surface area (Å²) in [4.78, 5) is 15.4. The maximum atomic E-state index is 15.0. The van der Waals surface area contributed by atoms with E-state index in [4.69, 9.17) is 0 Å². The number of amides is 1. The van der Waals surface area contributed by atoms with Gasteiger partial charge in [-0.1, -0.05) is 42.8 Å². The molecule has 0 radical (unpaired) electrons. The van der Waals surface area contributed by atoms with Gasteiger partial charge in [0.15, 0.2) is 0 Å². The van der Waals surface area contributed by atoms with Gasteiger partial charge in [-0.2, -0.15) is 4.31 Å². The summed E-state index contributed by atoms with van der Waals surface area (Å²) >= 11 is 0. The fourth-order valence-corrected chi connectivity index (χ4v) is 6.61. The van der Waals surface area contributed by atoms with E-state index in [0.29, 0.717) is 44.7 Å². The third-order valence-electron chi connectivity index (χ3n) is 6.49. The minimum atomic E-state index is -3.59. The highest BCUT2D eigenvalue weighted by Gasteiger charge is 2.35. The van der Waals surface area contributed by atoms with E-state index in [0.717, 1.165) is 24.1 Å². The Kier molecular flexibility index (Phi) is 6.81. The molecule has 0 spiro atoms. The van der Waals surface area contributed by atoms with Crippen LogP contribution in [0.4, 0.5) is 10.1 Å².